The second-order valence-electron chi connectivity index (χ2n) is 8.46. The summed E-state index contributed by atoms with van der Waals surface area (Å²) >= 11 is 0. The van der Waals surface area contributed by atoms with Crippen molar-refractivity contribution >= 4 is 12.1 Å². The molecule has 0 bridgehead atoms. The molecule has 0 aliphatic carbocycles. The van der Waals surface area contributed by atoms with Crippen molar-refractivity contribution in [2.24, 2.45) is 0 Å². The van der Waals surface area contributed by atoms with Gasteiger partial charge in [-0.2, -0.15) is 0 Å². The fourth-order valence-electron chi connectivity index (χ4n) is 3.12. The Morgan fingerprint density at radius 2 is 1.61 bits per heavy atom. The van der Waals surface area contributed by atoms with E-state index in [1.54, 1.807) is 6.92 Å². The lowest BCUT2D eigenvalue weighted by atomic mass is 10.1. The molecular weight excluding hydrogens is 422 g/mol. The lowest BCUT2D eigenvalue weighted by molar-refractivity contribution is -0.156. The molecular formula is C26H35NO6. The van der Waals surface area contributed by atoms with Crippen molar-refractivity contribution in [3.63, 3.8) is 0 Å². The van der Waals surface area contributed by atoms with E-state index in [1.807, 2.05) is 82.3 Å². The normalized spacial score (nSPS) is 13.0. The van der Waals surface area contributed by atoms with E-state index in [0.29, 0.717) is 25.4 Å². The monoisotopic (exact) mass is 457 g/mol. The number of hydrogen-bond donors (Lipinski definition) is 1. The summed E-state index contributed by atoms with van der Waals surface area (Å²) in [5, 5.41) is 2.88. The van der Waals surface area contributed by atoms with Crippen LogP contribution < -0.4 is 10.1 Å². The van der Waals surface area contributed by atoms with Gasteiger partial charge in [0.05, 0.1) is 12.6 Å². The molecule has 2 rings (SSSR count). The van der Waals surface area contributed by atoms with Gasteiger partial charge in [-0.25, -0.2) is 9.59 Å². The van der Waals surface area contributed by atoms with Gasteiger partial charge in [-0.05, 0) is 57.9 Å². The van der Waals surface area contributed by atoms with E-state index >= 15 is 0 Å². The molecule has 0 fully saturated rings. The number of hydrogen-bond acceptors (Lipinski definition) is 6. The zero-order valence-corrected chi connectivity index (χ0v) is 20.1. The van der Waals surface area contributed by atoms with Crippen LogP contribution >= 0.6 is 0 Å². The highest BCUT2D eigenvalue weighted by molar-refractivity contribution is 5.75. The molecule has 0 aromatic heterocycles. The lowest BCUT2D eigenvalue weighted by Crippen LogP contribution is -2.37. The molecule has 0 radical (unpaired) electrons. The summed E-state index contributed by atoms with van der Waals surface area (Å²) in [5.41, 5.74) is 1.25. The number of nitrogens with one attached hydrogen (secondary N) is 1. The summed E-state index contributed by atoms with van der Waals surface area (Å²) in [6.45, 7) is 10.0. The lowest BCUT2D eigenvalue weighted by Gasteiger charge is -2.24. The van der Waals surface area contributed by atoms with E-state index in [-0.39, 0.29) is 18.6 Å². The van der Waals surface area contributed by atoms with Gasteiger partial charge in [0.1, 0.15) is 18.0 Å². The average Bonchev–Trinajstić information content (AvgIpc) is 2.77. The second kappa shape index (κ2) is 12.8. The molecule has 1 amide bonds. The van der Waals surface area contributed by atoms with Crippen LogP contribution in [0.5, 0.6) is 5.75 Å². The second-order valence-corrected chi connectivity index (χ2v) is 8.46. The van der Waals surface area contributed by atoms with Crippen LogP contribution in [0.1, 0.15) is 51.8 Å². The quantitative estimate of drug-likeness (QED) is 0.486. The maximum absolute atomic E-state index is 12.3. The van der Waals surface area contributed by atoms with E-state index in [2.05, 4.69) is 5.32 Å². The fraction of sp³-hybridized carbons (Fsp3) is 0.462. The molecule has 0 aliphatic heterocycles. The summed E-state index contributed by atoms with van der Waals surface area (Å²) in [5.74, 6) is 0.286. The molecule has 0 aliphatic rings. The van der Waals surface area contributed by atoms with Crippen molar-refractivity contribution in [3.05, 3.63) is 65.7 Å². The molecule has 0 heterocycles. The molecule has 0 saturated carbocycles. The number of rotatable bonds is 11. The van der Waals surface area contributed by atoms with Gasteiger partial charge in [0.15, 0.2) is 6.10 Å². The summed E-state index contributed by atoms with van der Waals surface area (Å²) in [6.07, 6.45) is -0.724. The maximum atomic E-state index is 12.3. The number of esters is 1. The molecule has 33 heavy (non-hydrogen) atoms. The standard InChI is InChI=1S/C26H35NO6/c1-6-30-23(24(28)31-7-2)17-19-13-15-21(16-14-19)32-18-22(20-11-9-8-10-12-20)27-25(29)33-26(3,4)5/h8-16,22-23H,6-7,17-18H2,1-5H3,(H,27,29)/t22-,23+/m1/s1. The Balaban J connectivity index is 2.02. The number of amides is 1. The minimum atomic E-state index is -0.637. The van der Waals surface area contributed by atoms with Crippen LogP contribution in [-0.4, -0.2) is 43.6 Å². The zero-order chi connectivity index (χ0) is 24.3. The van der Waals surface area contributed by atoms with Crippen molar-refractivity contribution in [2.45, 2.75) is 58.8 Å². The third-order valence-electron chi connectivity index (χ3n) is 4.57. The van der Waals surface area contributed by atoms with Crippen molar-refractivity contribution in [1.29, 1.82) is 0 Å². The fourth-order valence-corrected chi connectivity index (χ4v) is 3.12. The third kappa shape index (κ3) is 9.53. The van der Waals surface area contributed by atoms with Gasteiger partial charge in [0.2, 0.25) is 0 Å². The summed E-state index contributed by atoms with van der Waals surface area (Å²) in [4.78, 5) is 24.4. The maximum Gasteiger partial charge on any atom is 0.408 e. The minimum absolute atomic E-state index is 0.229. The zero-order valence-electron chi connectivity index (χ0n) is 20.1. The minimum Gasteiger partial charge on any atom is -0.491 e. The van der Waals surface area contributed by atoms with E-state index in [4.69, 9.17) is 18.9 Å². The topological polar surface area (TPSA) is 83.1 Å². The van der Waals surface area contributed by atoms with Crippen LogP contribution in [0.2, 0.25) is 0 Å². The molecule has 0 unspecified atom stereocenters. The summed E-state index contributed by atoms with van der Waals surface area (Å²) < 4.78 is 22.0. The Labute approximate surface area is 196 Å². The van der Waals surface area contributed by atoms with E-state index in [1.165, 1.54) is 0 Å². The first-order chi connectivity index (χ1) is 15.7. The molecule has 0 saturated heterocycles. The van der Waals surface area contributed by atoms with Gasteiger partial charge in [-0.1, -0.05) is 42.5 Å². The van der Waals surface area contributed by atoms with Crippen LogP contribution in [0, 0.1) is 0 Å². The Bertz CT molecular complexity index is 861. The van der Waals surface area contributed by atoms with E-state index in [9.17, 15) is 9.59 Å². The van der Waals surface area contributed by atoms with Crippen LogP contribution in [0.15, 0.2) is 54.6 Å². The van der Waals surface area contributed by atoms with Crippen LogP contribution in [0.25, 0.3) is 0 Å². The largest absolute Gasteiger partial charge is 0.491 e. The predicted octanol–water partition coefficient (Wildman–Crippen LogP) is 4.84. The Kier molecular flexibility index (Phi) is 10.2. The summed E-state index contributed by atoms with van der Waals surface area (Å²) in [7, 11) is 0. The Morgan fingerprint density at radius 1 is 0.939 bits per heavy atom. The van der Waals surface area contributed by atoms with Crippen LogP contribution in [0.3, 0.4) is 0 Å². The number of benzene rings is 2. The molecule has 2 atom stereocenters. The van der Waals surface area contributed by atoms with Gasteiger partial charge >= 0.3 is 12.1 Å². The molecule has 0 spiro atoms. The molecule has 2 aromatic carbocycles. The SMILES string of the molecule is CCOC(=O)[C@H](Cc1ccc(OC[C@@H](NC(=O)OC(C)(C)C)c2ccccc2)cc1)OCC. The smallest absolute Gasteiger partial charge is 0.408 e. The van der Waals surface area contributed by atoms with Crippen LogP contribution in [-0.2, 0) is 25.4 Å². The third-order valence-corrected chi connectivity index (χ3v) is 4.57. The van der Waals surface area contributed by atoms with E-state index < -0.39 is 17.8 Å². The van der Waals surface area contributed by atoms with Crippen molar-refractivity contribution in [3.8, 4) is 5.75 Å². The van der Waals surface area contributed by atoms with E-state index in [0.717, 1.165) is 11.1 Å². The Morgan fingerprint density at radius 3 is 2.18 bits per heavy atom. The van der Waals surface area contributed by atoms with Gasteiger partial charge in [-0.3, -0.25) is 0 Å². The molecule has 7 heteroatoms. The van der Waals surface area contributed by atoms with Crippen LogP contribution in [0.4, 0.5) is 4.79 Å². The van der Waals surface area contributed by atoms with Crippen molar-refractivity contribution in [2.75, 3.05) is 19.8 Å². The van der Waals surface area contributed by atoms with Crippen molar-refractivity contribution in [1.82, 2.24) is 5.32 Å². The molecule has 1 N–H and O–H groups in total. The van der Waals surface area contributed by atoms with Gasteiger partial charge in [-0.15, -0.1) is 0 Å². The van der Waals surface area contributed by atoms with Gasteiger partial charge in [0.25, 0.3) is 0 Å². The first-order valence-electron chi connectivity index (χ1n) is 11.3. The number of carbonyl (C=O) groups is 2. The summed E-state index contributed by atoms with van der Waals surface area (Å²) in [6, 6.07) is 16.6. The number of carbonyl (C=O) groups excluding carboxylic acids is 2. The van der Waals surface area contributed by atoms with Gasteiger partial charge < -0.3 is 24.3 Å². The first-order valence-corrected chi connectivity index (χ1v) is 11.3. The average molecular weight is 458 g/mol. The number of alkyl carbamates (subject to hydrolysis) is 1. The predicted molar refractivity (Wildman–Crippen MR) is 126 cm³/mol. The molecule has 180 valence electrons. The highest BCUT2D eigenvalue weighted by Gasteiger charge is 2.22. The Hall–Kier alpha value is -3.06. The number of ether oxygens (including phenoxy) is 4. The van der Waals surface area contributed by atoms with Crippen molar-refractivity contribution < 1.29 is 28.5 Å². The first kappa shape index (κ1) is 26.2. The van der Waals surface area contributed by atoms with Gasteiger partial charge in [0, 0.05) is 13.0 Å². The highest BCUT2D eigenvalue weighted by Crippen LogP contribution is 2.19. The molecule has 7 nitrogen and oxygen atoms in total. The molecule has 2 aromatic rings. The highest BCUT2D eigenvalue weighted by atomic mass is 16.6.